The van der Waals surface area contributed by atoms with Crippen LogP contribution in [0.5, 0.6) is 0 Å². The number of aromatic nitrogens is 3. The molecular formula is C18H19N5OS. The minimum absolute atomic E-state index is 0.0635. The number of nitrogens with one attached hydrogen (secondary N) is 2. The quantitative estimate of drug-likeness (QED) is 0.735. The minimum Gasteiger partial charge on any atom is -0.369 e. The lowest BCUT2D eigenvalue weighted by atomic mass is 10.2. The highest BCUT2D eigenvalue weighted by molar-refractivity contribution is 7.19. The summed E-state index contributed by atoms with van der Waals surface area (Å²) in [5, 5.41) is 7.27. The van der Waals surface area contributed by atoms with E-state index in [-0.39, 0.29) is 5.91 Å². The van der Waals surface area contributed by atoms with Crippen LogP contribution in [0.1, 0.15) is 29.0 Å². The first-order chi connectivity index (χ1) is 12.2. The number of carbonyl (C=O) groups is 1. The van der Waals surface area contributed by atoms with Crippen LogP contribution in [0, 0.1) is 6.92 Å². The van der Waals surface area contributed by atoms with E-state index in [1.807, 2.05) is 19.1 Å². The van der Waals surface area contributed by atoms with Gasteiger partial charge < -0.3 is 10.6 Å². The van der Waals surface area contributed by atoms with Crippen LogP contribution in [0.2, 0.25) is 0 Å². The molecule has 25 heavy (non-hydrogen) atoms. The van der Waals surface area contributed by atoms with Gasteiger partial charge in [0, 0.05) is 23.5 Å². The zero-order valence-electron chi connectivity index (χ0n) is 14.0. The predicted octanol–water partition coefficient (Wildman–Crippen LogP) is 3.32. The number of nitrogens with zero attached hydrogens (tertiary/aromatic N) is 3. The minimum atomic E-state index is -0.0635. The van der Waals surface area contributed by atoms with E-state index in [1.54, 1.807) is 23.7 Å². The standard InChI is InChI=1S/C18H19N5OS/c1-11-4-2-7-14(22-11)23-15(24)8-9-19-17-16-12-5-3-6-13(12)25-18(16)21-10-20-17/h2,4,7,10H,3,5-6,8-9H2,1H3,(H,19,20,21)(H,22,23,24). The van der Waals surface area contributed by atoms with Crippen LogP contribution in [0.3, 0.4) is 0 Å². The molecule has 0 saturated carbocycles. The molecule has 4 rings (SSSR count). The Morgan fingerprint density at radius 2 is 2.20 bits per heavy atom. The Hall–Kier alpha value is -2.54. The number of thiophene rings is 1. The average molecular weight is 353 g/mol. The highest BCUT2D eigenvalue weighted by Gasteiger charge is 2.21. The second-order valence-electron chi connectivity index (χ2n) is 6.15. The fourth-order valence-corrected chi connectivity index (χ4v) is 4.40. The molecular weight excluding hydrogens is 334 g/mol. The van der Waals surface area contributed by atoms with Crippen molar-refractivity contribution in [3.8, 4) is 0 Å². The number of fused-ring (bicyclic) bond motifs is 3. The molecule has 0 fully saturated rings. The highest BCUT2D eigenvalue weighted by Crippen LogP contribution is 2.38. The Morgan fingerprint density at radius 3 is 3.08 bits per heavy atom. The van der Waals surface area contributed by atoms with Crippen molar-refractivity contribution in [3.63, 3.8) is 0 Å². The molecule has 0 radical (unpaired) electrons. The van der Waals surface area contributed by atoms with E-state index < -0.39 is 0 Å². The summed E-state index contributed by atoms with van der Waals surface area (Å²) in [4.78, 5) is 27.6. The topological polar surface area (TPSA) is 79.8 Å². The smallest absolute Gasteiger partial charge is 0.227 e. The Kier molecular flexibility index (Phi) is 4.31. The molecule has 6 nitrogen and oxygen atoms in total. The van der Waals surface area contributed by atoms with E-state index in [9.17, 15) is 4.79 Å². The summed E-state index contributed by atoms with van der Waals surface area (Å²) in [5.74, 6) is 1.36. The number of hydrogen-bond donors (Lipinski definition) is 2. The Balaban J connectivity index is 1.40. The maximum Gasteiger partial charge on any atom is 0.227 e. The fourth-order valence-electron chi connectivity index (χ4n) is 3.18. The van der Waals surface area contributed by atoms with Crippen LogP contribution in [0.25, 0.3) is 10.2 Å². The number of hydrogen-bond acceptors (Lipinski definition) is 6. The van der Waals surface area contributed by atoms with Gasteiger partial charge in [0.1, 0.15) is 22.8 Å². The molecule has 1 aliphatic carbocycles. The van der Waals surface area contributed by atoms with Crippen molar-refractivity contribution in [2.75, 3.05) is 17.2 Å². The molecule has 0 aliphatic heterocycles. The van der Waals surface area contributed by atoms with Gasteiger partial charge in [-0.25, -0.2) is 15.0 Å². The van der Waals surface area contributed by atoms with Gasteiger partial charge >= 0.3 is 0 Å². The second-order valence-corrected chi connectivity index (χ2v) is 7.23. The predicted molar refractivity (Wildman–Crippen MR) is 100 cm³/mol. The van der Waals surface area contributed by atoms with Crippen LogP contribution < -0.4 is 10.6 Å². The van der Waals surface area contributed by atoms with Crippen molar-refractivity contribution >= 4 is 39.1 Å². The molecule has 0 spiro atoms. The van der Waals surface area contributed by atoms with E-state index in [0.717, 1.165) is 34.6 Å². The molecule has 0 aromatic carbocycles. The number of carbonyl (C=O) groups excluding carboxylic acids is 1. The number of rotatable bonds is 5. The van der Waals surface area contributed by atoms with Gasteiger partial charge in [0.05, 0.1) is 5.39 Å². The maximum absolute atomic E-state index is 12.1. The molecule has 128 valence electrons. The van der Waals surface area contributed by atoms with Gasteiger partial charge in [0.15, 0.2) is 0 Å². The van der Waals surface area contributed by atoms with Crippen LogP contribution in [-0.4, -0.2) is 27.4 Å². The van der Waals surface area contributed by atoms with Gasteiger partial charge in [-0.15, -0.1) is 11.3 Å². The van der Waals surface area contributed by atoms with E-state index in [4.69, 9.17) is 0 Å². The van der Waals surface area contributed by atoms with Crippen molar-refractivity contribution in [2.24, 2.45) is 0 Å². The van der Waals surface area contributed by atoms with E-state index in [1.165, 1.54) is 16.9 Å². The molecule has 0 bridgehead atoms. The fraction of sp³-hybridized carbons (Fsp3) is 0.333. The van der Waals surface area contributed by atoms with E-state index >= 15 is 0 Å². The third-order valence-corrected chi connectivity index (χ3v) is 5.50. The van der Waals surface area contributed by atoms with E-state index in [0.29, 0.717) is 18.8 Å². The molecule has 3 heterocycles. The summed E-state index contributed by atoms with van der Waals surface area (Å²) >= 11 is 1.76. The van der Waals surface area contributed by atoms with Gasteiger partial charge in [-0.05, 0) is 43.9 Å². The molecule has 0 saturated heterocycles. The van der Waals surface area contributed by atoms with Gasteiger partial charge in [-0.3, -0.25) is 4.79 Å². The molecule has 0 unspecified atom stereocenters. The highest BCUT2D eigenvalue weighted by atomic mass is 32.1. The lowest BCUT2D eigenvalue weighted by Crippen LogP contribution is -2.17. The monoisotopic (exact) mass is 353 g/mol. The molecule has 1 amide bonds. The first-order valence-corrected chi connectivity index (χ1v) is 9.25. The molecule has 3 aromatic heterocycles. The van der Waals surface area contributed by atoms with Crippen LogP contribution in [-0.2, 0) is 17.6 Å². The largest absolute Gasteiger partial charge is 0.369 e. The molecule has 2 N–H and O–H groups in total. The molecule has 3 aromatic rings. The van der Waals surface area contributed by atoms with Crippen molar-refractivity contribution in [1.29, 1.82) is 0 Å². The SMILES string of the molecule is Cc1cccc(NC(=O)CCNc2ncnc3sc4c(c23)CCC4)n1. The van der Waals surface area contributed by atoms with Crippen molar-refractivity contribution in [3.05, 3.63) is 40.7 Å². The Morgan fingerprint density at radius 1 is 1.28 bits per heavy atom. The molecule has 1 aliphatic rings. The Bertz CT molecular complexity index is 936. The van der Waals surface area contributed by atoms with Crippen molar-refractivity contribution in [2.45, 2.75) is 32.6 Å². The second kappa shape index (κ2) is 6.76. The van der Waals surface area contributed by atoms with Crippen LogP contribution in [0.15, 0.2) is 24.5 Å². The number of pyridine rings is 1. The summed E-state index contributed by atoms with van der Waals surface area (Å²) in [7, 11) is 0. The zero-order valence-corrected chi connectivity index (χ0v) is 14.8. The van der Waals surface area contributed by atoms with Gasteiger partial charge in [-0.1, -0.05) is 6.07 Å². The number of aryl methyl sites for hydroxylation is 3. The molecule has 0 atom stereocenters. The maximum atomic E-state index is 12.1. The van der Waals surface area contributed by atoms with Gasteiger partial charge in [-0.2, -0.15) is 0 Å². The molecule has 7 heteroatoms. The van der Waals surface area contributed by atoms with Crippen molar-refractivity contribution < 1.29 is 4.79 Å². The van der Waals surface area contributed by atoms with Gasteiger partial charge in [0.2, 0.25) is 5.91 Å². The third-order valence-electron chi connectivity index (χ3n) is 4.30. The summed E-state index contributed by atoms with van der Waals surface area (Å²) in [6.07, 6.45) is 5.39. The van der Waals surface area contributed by atoms with Crippen molar-refractivity contribution in [1.82, 2.24) is 15.0 Å². The number of anilines is 2. The van der Waals surface area contributed by atoms with E-state index in [2.05, 4.69) is 25.6 Å². The summed E-state index contributed by atoms with van der Waals surface area (Å²) in [6, 6.07) is 5.57. The average Bonchev–Trinajstić information content (AvgIpc) is 3.15. The summed E-state index contributed by atoms with van der Waals surface area (Å²) < 4.78 is 0. The first-order valence-electron chi connectivity index (χ1n) is 8.43. The van der Waals surface area contributed by atoms with Crippen LogP contribution >= 0.6 is 11.3 Å². The summed E-state index contributed by atoms with van der Waals surface area (Å²) in [5.41, 5.74) is 2.27. The summed E-state index contributed by atoms with van der Waals surface area (Å²) in [6.45, 7) is 2.42. The lowest BCUT2D eigenvalue weighted by molar-refractivity contribution is -0.116. The van der Waals surface area contributed by atoms with Crippen LogP contribution in [0.4, 0.5) is 11.6 Å². The Labute approximate surface area is 149 Å². The first kappa shape index (κ1) is 16.0. The lowest BCUT2D eigenvalue weighted by Gasteiger charge is -2.08. The van der Waals surface area contributed by atoms with Gasteiger partial charge in [0.25, 0.3) is 0 Å². The third kappa shape index (κ3) is 3.32. The number of amides is 1. The normalized spacial score (nSPS) is 13.0. The zero-order chi connectivity index (χ0) is 17.2.